The maximum absolute atomic E-state index is 12.5. The SMILES string of the molecule is CN1CCNCC1c1noc(Cn2ccc(C(F)(F)F)n2)n1. The average molecular weight is 316 g/mol. The summed E-state index contributed by atoms with van der Waals surface area (Å²) < 4.78 is 43.7. The molecule has 0 radical (unpaired) electrons. The summed E-state index contributed by atoms with van der Waals surface area (Å²) in [5.41, 5.74) is -0.941. The van der Waals surface area contributed by atoms with E-state index in [0.29, 0.717) is 12.4 Å². The summed E-state index contributed by atoms with van der Waals surface area (Å²) in [5.74, 6) is 0.749. The Bertz CT molecular complexity index is 637. The van der Waals surface area contributed by atoms with E-state index in [2.05, 4.69) is 25.5 Å². The molecule has 22 heavy (non-hydrogen) atoms. The van der Waals surface area contributed by atoms with Crippen molar-refractivity contribution in [2.24, 2.45) is 0 Å². The van der Waals surface area contributed by atoms with Crippen molar-refractivity contribution in [1.82, 2.24) is 30.1 Å². The number of halogens is 3. The molecule has 0 bridgehead atoms. The average Bonchev–Trinajstić information content (AvgIpc) is 3.09. The second kappa shape index (κ2) is 5.69. The molecule has 2 aromatic heterocycles. The number of hydrogen-bond donors (Lipinski definition) is 1. The number of likely N-dealkylation sites (N-methyl/N-ethyl adjacent to an activating group) is 1. The lowest BCUT2D eigenvalue weighted by Crippen LogP contribution is -2.44. The molecule has 3 heterocycles. The van der Waals surface area contributed by atoms with Gasteiger partial charge in [0.25, 0.3) is 0 Å². The summed E-state index contributed by atoms with van der Waals surface area (Å²) in [6.45, 7) is 2.47. The number of piperazine rings is 1. The molecule has 1 fully saturated rings. The summed E-state index contributed by atoms with van der Waals surface area (Å²) in [6, 6.07) is 0.908. The van der Waals surface area contributed by atoms with Crippen LogP contribution in [0.15, 0.2) is 16.8 Å². The van der Waals surface area contributed by atoms with E-state index in [9.17, 15) is 13.2 Å². The zero-order valence-electron chi connectivity index (χ0n) is 11.8. The van der Waals surface area contributed by atoms with E-state index in [-0.39, 0.29) is 18.5 Å². The molecule has 2 aromatic rings. The van der Waals surface area contributed by atoms with Crippen LogP contribution in [-0.4, -0.2) is 51.5 Å². The Balaban J connectivity index is 1.70. The zero-order valence-corrected chi connectivity index (χ0v) is 11.8. The molecular weight excluding hydrogens is 301 g/mol. The smallest absolute Gasteiger partial charge is 0.337 e. The van der Waals surface area contributed by atoms with E-state index < -0.39 is 11.9 Å². The van der Waals surface area contributed by atoms with Gasteiger partial charge in [-0.1, -0.05) is 5.16 Å². The first-order valence-corrected chi connectivity index (χ1v) is 6.77. The molecule has 1 unspecified atom stereocenters. The monoisotopic (exact) mass is 316 g/mol. The van der Waals surface area contributed by atoms with Gasteiger partial charge in [0.05, 0.1) is 6.04 Å². The lowest BCUT2D eigenvalue weighted by molar-refractivity contribution is -0.141. The van der Waals surface area contributed by atoms with E-state index in [1.165, 1.54) is 6.20 Å². The fraction of sp³-hybridized carbons (Fsp3) is 0.583. The molecule has 3 rings (SSSR count). The maximum Gasteiger partial charge on any atom is 0.435 e. The topological polar surface area (TPSA) is 72.0 Å². The van der Waals surface area contributed by atoms with Crippen molar-refractivity contribution in [3.63, 3.8) is 0 Å². The Morgan fingerprint density at radius 2 is 2.27 bits per heavy atom. The summed E-state index contributed by atoms with van der Waals surface area (Å²) in [4.78, 5) is 6.35. The van der Waals surface area contributed by atoms with Crippen LogP contribution in [0.25, 0.3) is 0 Å². The Kier molecular flexibility index (Phi) is 3.87. The van der Waals surface area contributed by atoms with Gasteiger partial charge in [-0.25, -0.2) is 0 Å². The summed E-state index contributed by atoms with van der Waals surface area (Å²) in [7, 11) is 1.96. The second-order valence-electron chi connectivity index (χ2n) is 5.14. The fourth-order valence-corrected chi connectivity index (χ4v) is 2.30. The molecule has 1 aliphatic rings. The van der Waals surface area contributed by atoms with Gasteiger partial charge in [0.2, 0.25) is 5.89 Å². The van der Waals surface area contributed by atoms with Crippen molar-refractivity contribution in [2.45, 2.75) is 18.8 Å². The van der Waals surface area contributed by atoms with E-state index in [0.717, 1.165) is 23.8 Å². The molecule has 1 aliphatic heterocycles. The molecule has 0 aliphatic carbocycles. The molecule has 1 atom stereocenters. The normalized spacial score (nSPS) is 20.5. The summed E-state index contributed by atoms with van der Waals surface area (Å²) in [6.07, 6.45) is -3.22. The Labute approximate surface area is 124 Å². The third-order valence-electron chi connectivity index (χ3n) is 3.52. The van der Waals surface area contributed by atoms with Crippen molar-refractivity contribution in [2.75, 3.05) is 26.7 Å². The van der Waals surface area contributed by atoms with E-state index in [1.54, 1.807) is 0 Å². The first-order valence-electron chi connectivity index (χ1n) is 6.77. The van der Waals surface area contributed by atoms with Gasteiger partial charge in [0.1, 0.15) is 6.54 Å². The molecule has 10 heteroatoms. The minimum absolute atomic E-state index is 0.00499. The van der Waals surface area contributed by atoms with Gasteiger partial charge in [-0.2, -0.15) is 23.3 Å². The molecular formula is C12H15F3N6O. The van der Waals surface area contributed by atoms with Crippen LogP contribution in [-0.2, 0) is 12.7 Å². The highest BCUT2D eigenvalue weighted by molar-refractivity contribution is 5.04. The van der Waals surface area contributed by atoms with Crippen LogP contribution in [0.4, 0.5) is 13.2 Å². The minimum atomic E-state index is -4.46. The van der Waals surface area contributed by atoms with E-state index in [4.69, 9.17) is 4.52 Å². The number of hydrogen-bond acceptors (Lipinski definition) is 6. The van der Waals surface area contributed by atoms with Gasteiger partial charge in [0.15, 0.2) is 11.5 Å². The minimum Gasteiger partial charge on any atom is -0.337 e. The molecule has 1 N–H and O–H groups in total. The third-order valence-corrected chi connectivity index (χ3v) is 3.52. The van der Waals surface area contributed by atoms with Crippen LogP contribution in [0, 0.1) is 0 Å². The van der Waals surface area contributed by atoms with Crippen LogP contribution in [0.1, 0.15) is 23.5 Å². The van der Waals surface area contributed by atoms with Gasteiger partial charge in [-0.3, -0.25) is 9.58 Å². The first-order chi connectivity index (χ1) is 10.4. The number of nitrogens with zero attached hydrogens (tertiary/aromatic N) is 5. The van der Waals surface area contributed by atoms with Gasteiger partial charge >= 0.3 is 6.18 Å². The fourth-order valence-electron chi connectivity index (χ4n) is 2.30. The highest BCUT2D eigenvalue weighted by atomic mass is 19.4. The van der Waals surface area contributed by atoms with Crippen molar-refractivity contribution >= 4 is 0 Å². The number of rotatable bonds is 3. The third kappa shape index (κ3) is 3.12. The largest absolute Gasteiger partial charge is 0.435 e. The highest BCUT2D eigenvalue weighted by Gasteiger charge is 2.33. The second-order valence-corrected chi connectivity index (χ2v) is 5.14. The predicted octanol–water partition coefficient (Wildman–Crippen LogP) is 0.909. The molecule has 120 valence electrons. The van der Waals surface area contributed by atoms with Crippen LogP contribution >= 0.6 is 0 Å². The Hall–Kier alpha value is -1.94. The molecule has 7 nitrogen and oxygen atoms in total. The Morgan fingerprint density at radius 1 is 1.45 bits per heavy atom. The predicted molar refractivity (Wildman–Crippen MR) is 68.9 cm³/mol. The van der Waals surface area contributed by atoms with Gasteiger partial charge in [-0.15, -0.1) is 0 Å². The van der Waals surface area contributed by atoms with Crippen LogP contribution < -0.4 is 5.32 Å². The number of alkyl halides is 3. The molecule has 0 saturated carbocycles. The molecule has 0 amide bonds. The van der Waals surface area contributed by atoms with Crippen molar-refractivity contribution in [1.29, 1.82) is 0 Å². The van der Waals surface area contributed by atoms with Crippen molar-refractivity contribution < 1.29 is 17.7 Å². The van der Waals surface area contributed by atoms with Crippen molar-refractivity contribution in [3.05, 3.63) is 29.7 Å². The summed E-state index contributed by atoms with van der Waals surface area (Å²) >= 11 is 0. The number of aromatic nitrogens is 4. The quantitative estimate of drug-likeness (QED) is 0.907. The number of nitrogens with one attached hydrogen (secondary N) is 1. The van der Waals surface area contributed by atoms with Crippen LogP contribution in [0.5, 0.6) is 0 Å². The highest BCUT2D eigenvalue weighted by Crippen LogP contribution is 2.27. The van der Waals surface area contributed by atoms with Gasteiger partial charge in [-0.05, 0) is 13.1 Å². The van der Waals surface area contributed by atoms with Gasteiger partial charge in [0, 0.05) is 25.8 Å². The lowest BCUT2D eigenvalue weighted by Gasteiger charge is -2.30. The van der Waals surface area contributed by atoms with Gasteiger partial charge < -0.3 is 9.84 Å². The van der Waals surface area contributed by atoms with Crippen LogP contribution in [0.2, 0.25) is 0 Å². The molecule has 0 spiro atoms. The first kappa shape index (κ1) is 15.0. The zero-order chi connectivity index (χ0) is 15.7. The molecule has 1 saturated heterocycles. The standard InChI is InChI=1S/C12H15F3N6O/c1-20-5-3-16-6-8(20)11-17-10(22-19-11)7-21-4-2-9(18-21)12(13,14)15/h2,4,8,16H,3,5-7H2,1H3. The van der Waals surface area contributed by atoms with Crippen molar-refractivity contribution in [3.8, 4) is 0 Å². The molecule has 0 aromatic carbocycles. The lowest BCUT2D eigenvalue weighted by atomic mass is 10.2. The van der Waals surface area contributed by atoms with E-state index in [1.807, 2.05) is 7.05 Å². The van der Waals surface area contributed by atoms with Crippen LogP contribution in [0.3, 0.4) is 0 Å². The maximum atomic E-state index is 12.5. The Morgan fingerprint density at radius 3 is 2.95 bits per heavy atom. The van der Waals surface area contributed by atoms with E-state index >= 15 is 0 Å². The summed E-state index contributed by atoms with van der Waals surface area (Å²) in [5, 5.41) is 10.6.